The average Bonchev–Trinajstić information content (AvgIpc) is 2.66. The number of aromatic nitrogens is 1. The Morgan fingerprint density at radius 1 is 1.39 bits per heavy atom. The molecular weight excluding hydrogens is 254 g/mol. The SMILES string of the molecule is COC(=O)CC(=O)c1c(C)[nH]c2cccc(Cl)c12. The molecule has 2 aromatic rings. The molecule has 0 saturated heterocycles. The molecule has 0 bridgehead atoms. The van der Waals surface area contributed by atoms with Crippen molar-refractivity contribution in [3.63, 3.8) is 0 Å². The molecular formula is C13H12ClNO3. The summed E-state index contributed by atoms with van der Waals surface area (Å²) in [5.41, 5.74) is 1.95. The van der Waals surface area contributed by atoms with Gasteiger partial charge in [0, 0.05) is 22.2 Å². The van der Waals surface area contributed by atoms with Gasteiger partial charge < -0.3 is 9.72 Å². The van der Waals surface area contributed by atoms with Gasteiger partial charge in [-0.25, -0.2) is 0 Å². The van der Waals surface area contributed by atoms with Gasteiger partial charge >= 0.3 is 5.97 Å². The number of fused-ring (bicyclic) bond motifs is 1. The number of ether oxygens (including phenoxy) is 1. The molecule has 0 spiro atoms. The van der Waals surface area contributed by atoms with Gasteiger partial charge in [0.05, 0.1) is 12.1 Å². The summed E-state index contributed by atoms with van der Waals surface area (Å²) in [5, 5.41) is 1.15. The number of methoxy groups -OCH3 is 1. The predicted octanol–water partition coefficient (Wildman–Crippen LogP) is 2.88. The number of halogens is 1. The Morgan fingerprint density at radius 3 is 2.78 bits per heavy atom. The van der Waals surface area contributed by atoms with E-state index >= 15 is 0 Å². The smallest absolute Gasteiger partial charge is 0.313 e. The molecule has 0 unspecified atom stereocenters. The highest BCUT2D eigenvalue weighted by molar-refractivity contribution is 6.37. The van der Waals surface area contributed by atoms with Crippen LogP contribution in [0.1, 0.15) is 22.5 Å². The van der Waals surface area contributed by atoms with Gasteiger partial charge in [0.1, 0.15) is 6.42 Å². The standard InChI is InChI=1S/C13H12ClNO3/c1-7-12(10(16)6-11(17)18-2)13-8(14)4-3-5-9(13)15-7/h3-5,15H,6H2,1-2H3. The number of benzene rings is 1. The number of ketones is 1. The summed E-state index contributed by atoms with van der Waals surface area (Å²) in [6, 6.07) is 5.35. The van der Waals surface area contributed by atoms with Crippen molar-refractivity contribution in [2.75, 3.05) is 7.11 Å². The predicted molar refractivity (Wildman–Crippen MR) is 69.0 cm³/mol. The molecule has 5 heteroatoms. The molecule has 1 N–H and O–H groups in total. The zero-order valence-electron chi connectivity index (χ0n) is 10.0. The Bertz CT molecular complexity index is 630. The van der Waals surface area contributed by atoms with E-state index in [9.17, 15) is 9.59 Å². The first-order valence-corrected chi connectivity index (χ1v) is 5.79. The third-order valence-electron chi connectivity index (χ3n) is 2.77. The molecule has 0 fully saturated rings. The lowest BCUT2D eigenvalue weighted by atomic mass is 10.0. The second-order valence-corrected chi connectivity index (χ2v) is 4.37. The van der Waals surface area contributed by atoms with Crippen LogP contribution in [-0.2, 0) is 9.53 Å². The van der Waals surface area contributed by atoms with Crippen molar-refractivity contribution in [2.45, 2.75) is 13.3 Å². The molecule has 94 valence electrons. The molecule has 18 heavy (non-hydrogen) atoms. The molecule has 4 nitrogen and oxygen atoms in total. The van der Waals surface area contributed by atoms with Gasteiger partial charge in [0.25, 0.3) is 0 Å². The number of H-pyrrole nitrogens is 1. The number of hydrogen-bond acceptors (Lipinski definition) is 3. The quantitative estimate of drug-likeness (QED) is 0.527. The maximum atomic E-state index is 12.1. The Balaban J connectivity index is 2.53. The molecule has 0 amide bonds. The molecule has 0 atom stereocenters. The van der Waals surface area contributed by atoms with E-state index in [2.05, 4.69) is 9.72 Å². The number of rotatable bonds is 3. The van der Waals surface area contributed by atoms with Crippen LogP contribution >= 0.6 is 11.6 Å². The van der Waals surface area contributed by atoms with Gasteiger partial charge in [-0.2, -0.15) is 0 Å². The Labute approximate surface area is 109 Å². The number of Topliss-reactive ketones (excluding diaryl/α,β-unsaturated/α-hetero) is 1. The lowest BCUT2D eigenvalue weighted by Crippen LogP contribution is -2.10. The summed E-state index contributed by atoms with van der Waals surface area (Å²) in [7, 11) is 1.25. The third-order valence-corrected chi connectivity index (χ3v) is 3.09. The Kier molecular flexibility index (Phi) is 3.39. The summed E-state index contributed by atoms with van der Waals surface area (Å²) in [4.78, 5) is 26.3. The lowest BCUT2D eigenvalue weighted by molar-refractivity contribution is -0.139. The molecule has 2 rings (SSSR count). The Hall–Kier alpha value is -1.81. The van der Waals surface area contributed by atoms with E-state index in [0.29, 0.717) is 21.7 Å². The first-order chi connectivity index (χ1) is 8.54. The summed E-state index contributed by atoms with van der Waals surface area (Å²) >= 11 is 6.10. The van der Waals surface area contributed by atoms with E-state index in [1.807, 2.05) is 6.07 Å². The van der Waals surface area contributed by atoms with Gasteiger partial charge in [-0.3, -0.25) is 9.59 Å². The van der Waals surface area contributed by atoms with E-state index in [1.54, 1.807) is 19.1 Å². The van der Waals surface area contributed by atoms with Crippen molar-refractivity contribution < 1.29 is 14.3 Å². The molecule has 0 aliphatic rings. The summed E-state index contributed by atoms with van der Waals surface area (Å²) in [6.07, 6.45) is -0.282. The third kappa shape index (κ3) is 2.11. The van der Waals surface area contributed by atoms with Crippen molar-refractivity contribution in [1.29, 1.82) is 0 Å². The fraction of sp³-hybridized carbons (Fsp3) is 0.231. The number of carbonyl (C=O) groups excluding carboxylic acids is 2. The van der Waals surface area contributed by atoms with Crippen molar-refractivity contribution in [3.05, 3.63) is 34.5 Å². The van der Waals surface area contributed by atoms with Crippen LogP contribution in [0.2, 0.25) is 5.02 Å². The van der Waals surface area contributed by atoms with Crippen molar-refractivity contribution >= 4 is 34.3 Å². The molecule has 1 aromatic heterocycles. The number of nitrogens with one attached hydrogen (secondary N) is 1. The fourth-order valence-electron chi connectivity index (χ4n) is 1.97. The highest BCUT2D eigenvalue weighted by atomic mass is 35.5. The second kappa shape index (κ2) is 4.82. The molecule has 1 aromatic carbocycles. The first kappa shape index (κ1) is 12.6. The van der Waals surface area contributed by atoms with Crippen LogP contribution in [0, 0.1) is 6.92 Å². The summed E-state index contributed by atoms with van der Waals surface area (Å²) < 4.78 is 4.50. The molecule has 0 saturated carbocycles. The van der Waals surface area contributed by atoms with Crippen LogP contribution in [0.3, 0.4) is 0 Å². The summed E-state index contributed by atoms with van der Waals surface area (Å²) in [5.74, 6) is -0.848. The minimum Gasteiger partial charge on any atom is -0.469 e. The zero-order valence-corrected chi connectivity index (χ0v) is 10.8. The number of hydrogen-bond donors (Lipinski definition) is 1. The van der Waals surface area contributed by atoms with E-state index in [1.165, 1.54) is 7.11 Å². The van der Waals surface area contributed by atoms with Crippen LogP contribution < -0.4 is 0 Å². The van der Waals surface area contributed by atoms with E-state index in [-0.39, 0.29) is 12.2 Å². The maximum Gasteiger partial charge on any atom is 0.313 e. The highest BCUT2D eigenvalue weighted by Crippen LogP contribution is 2.29. The van der Waals surface area contributed by atoms with Crippen LogP contribution in [0.5, 0.6) is 0 Å². The molecule has 1 heterocycles. The Morgan fingerprint density at radius 2 is 2.11 bits per heavy atom. The molecule has 0 aliphatic heterocycles. The zero-order chi connectivity index (χ0) is 13.3. The van der Waals surface area contributed by atoms with E-state index in [0.717, 1.165) is 5.52 Å². The minimum atomic E-state index is -0.555. The molecule has 0 radical (unpaired) electrons. The highest BCUT2D eigenvalue weighted by Gasteiger charge is 2.20. The first-order valence-electron chi connectivity index (χ1n) is 5.41. The van der Waals surface area contributed by atoms with Crippen molar-refractivity contribution in [2.24, 2.45) is 0 Å². The van der Waals surface area contributed by atoms with Crippen molar-refractivity contribution in [3.8, 4) is 0 Å². The number of aryl methyl sites for hydroxylation is 1. The second-order valence-electron chi connectivity index (χ2n) is 3.96. The van der Waals surface area contributed by atoms with Gasteiger partial charge in [0.2, 0.25) is 0 Å². The monoisotopic (exact) mass is 265 g/mol. The van der Waals surface area contributed by atoms with E-state index in [4.69, 9.17) is 11.6 Å². The number of esters is 1. The van der Waals surface area contributed by atoms with Crippen molar-refractivity contribution in [1.82, 2.24) is 4.98 Å². The maximum absolute atomic E-state index is 12.1. The van der Waals surface area contributed by atoms with Gasteiger partial charge in [-0.05, 0) is 19.1 Å². The van der Waals surface area contributed by atoms with Crippen LogP contribution in [0.25, 0.3) is 10.9 Å². The van der Waals surface area contributed by atoms with Gasteiger partial charge in [-0.15, -0.1) is 0 Å². The van der Waals surface area contributed by atoms with E-state index < -0.39 is 5.97 Å². The van der Waals surface area contributed by atoms with Crippen LogP contribution in [-0.4, -0.2) is 23.8 Å². The topological polar surface area (TPSA) is 59.2 Å². The average molecular weight is 266 g/mol. The molecule has 0 aliphatic carbocycles. The van der Waals surface area contributed by atoms with Gasteiger partial charge in [0.15, 0.2) is 5.78 Å². The number of aromatic amines is 1. The van der Waals surface area contributed by atoms with Gasteiger partial charge in [-0.1, -0.05) is 17.7 Å². The normalized spacial score (nSPS) is 10.6. The number of carbonyl (C=O) groups is 2. The minimum absolute atomic E-state index is 0.282. The fourth-order valence-corrected chi connectivity index (χ4v) is 2.24. The van der Waals surface area contributed by atoms with Crippen LogP contribution in [0.15, 0.2) is 18.2 Å². The largest absolute Gasteiger partial charge is 0.469 e. The summed E-state index contributed by atoms with van der Waals surface area (Å²) in [6.45, 7) is 1.78. The lowest BCUT2D eigenvalue weighted by Gasteiger charge is -2.01. The van der Waals surface area contributed by atoms with Crippen LogP contribution in [0.4, 0.5) is 0 Å².